The molecule has 6 heteroatoms. The monoisotopic (exact) mass is 258 g/mol. The molecule has 1 unspecified atom stereocenters. The van der Waals surface area contributed by atoms with E-state index in [0.717, 1.165) is 18.6 Å². The molecule has 2 rings (SSSR count). The predicted molar refractivity (Wildman–Crippen MR) is 61.1 cm³/mol. The van der Waals surface area contributed by atoms with Crippen molar-refractivity contribution < 1.29 is 17.6 Å². The van der Waals surface area contributed by atoms with Gasteiger partial charge in [-0.25, -0.2) is 4.98 Å². The number of nitrogens with one attached hydrogen (secondary N) is 1. The average Bonchev–Trinajstić information content (AvgIpc) is 2.71. The van der Waals surface area contributed by atoms with Gasteiger partial charge in [0.2, 0.25) is 5.89 Å². The van der Waals surface area contributed by atoms with E-state index in [1.54, 1.807) is 7.05 Å². The molecule has 18 heavy (non-hydrogen) atoms. The fourth-order valence-electron chi connectivity index (χ4n) is 1.77. The molecule has 0 bridgehead atoms. The van der Waals surface area contributed by atoms with Crippen LogP contribution < -0.4 is 5.32 Å². The summed E-state index contributed by atoms with van der Waals surface area (Å²) < 4.78 is 43.1. The van der Waals surface area contributed by atoms with E-state index in [1.165, 1.54) is 6.07 Å². The van der Waals surface area contributed by atoms with Crippen LogP contribution in [0.5, 0.6) is 0 Å². The van der Waals surface area contributed by atoms with Crippen LogP contribution in [0, 0.1) is 0 Å². The van der Waals surface area contributed by atoms with Gasteiger partial charge < -0.3 is 9.73 Å². The Morgan fingerprint density at radius 1 is 1.39 bits per heavy atom. The third-order valence-electron chi connectivity index (χ3n) is 2.79. The second kappa shape index (κ2) is 4.61. The third-order valence-corrected chi connectivity index (χ3v) is 2.79. The zero-order valence-corrected chi connectivity index (χ0v) is 10.0. The molecule has 0 aliphatic rings. The highest BCUT2D eigenvalue weighted by molar-refractivity contribution is 5.73. The van der Waals surface area contributed by atoms with Gasteiger partial charge in [-0.05, 0) is 31.7 Å². The van der Waals surface area contributed by atoms with Gasteiger partial charge in [-0.2, -0.15) is 13.2 Å². The Morgan fingerprint density at radius 3 is 2.67 bits per heavy atom. The summed E-state index contributed by atoms with van der Waals surface area (Å²) in [5, 5.41) is 3.00. The van der Waals surface area contributed by atoms with E-state index in [9.17, 15) is 13.2 Å². The maximum absolute atomic E-state index is 12.5. The van der Waals surface area contributed by atoms with Gasteiger partial charge in [0, 0.05) is 0 Å². The summed E-state index contributed by atoms with van der Waals surface area (Å²) in [6.45, 7) is 1.94. The van der Waals surface area contributed by atoms with Gasteiger partial charge in [0.15, 0.2) is 5.58 Å². The summed E-state index contributed by atoms with van der Waals surface area (Å²) in [5.41, 5.74) is -0.118. The molecule has 0 aliphatic heterocycles. The molecule has 0 spiro atoms. The molecule has 0 fully saturated rings. The van der Waals surface area contributed by atoms with Crippen LogP contribution in [0.2, 0.25) is 0 Å². The second-order valence-corrected chi connectivity index (χ2v) is 3.98. The van der Waals surface area contributed by atoms with Crippen LogP contribution >= 0.6 is 0 Å². The molecule has 98 valence electrons. The van der Waals surface area contributed by atoms with Crippen LogP contribution in [0.1, 0.15) is 30.8 Å². The number of benzene rings is 1. The Kier molecular flexibility index (Phi) is 3.30. The van der Waals surface area contributed by atoms with Crippen LogP contribution in [0.15, 0.2) is 22.6 Å². The van der Waals surface area contributed by atoms with E-state index < -0.39 is 11.7 Å². The fourth-order valence-corrected chi connectivity index (χ4v) is 1.77. The normalized spacial score (nSPS) is 14.1. The van der Waals surface area contributed by atoms with E-state index in [4.69, 9.17) is 4.42 Å². The van der Waals surface area contributed by atoms with Gasteiger partial charge >= 0.3 is 6.18 Å². The Balaban J connectivity index is 2.46. The molecule has 1 atom stereocenters. The smallest absolute Gasteiger partial charge is 0.416 e. The molecule has 1 heterocycles. The summed E-state index contributed by atoms with van der Waals surface area (Å²) in [4.78, 5) is 4.10. The zero-order chi connectivity index (χ0) is 13.3. The highest BCUT2D eigenvalue weighted by Gasteiger charge is 2.31. The lowest BCUT2D eigenvalue weighted by Gasteiger charge is -2.07. The van der Waals surface area contributed by atoms with Crippen molar-refractivity contribution in [2.45, 2.75) is 25.6 Å². The van der Waals surface area contributed by atoms with E-state index >= 15 is 0 Å². The van der Waals surface area contributed by atoms with Gasteiger partial charge in [-0.1, -0.05) is 6.92 Å². The van der Waals surface area contributed by atoms with Gasteiger partial charge in [0.1, 0.15) is 5.52 Å². The standard InChI is InChI=1S/C12H13F3N2O/c1-3-8(16-2)11-17-9-6-7(12(13,14)15)4-5-10(9)18-11/h4-6,8,16H,3H2,1-2H3. The first-order valence-electron chi connectivity index (χ1n) is 5.60. The zero-order valence-electron chi connectivity index (χ0n) is 10.0. The van der Waals surface area contributed by atoms with Crippen molar-refractivity contribution in [2.24, 2.45) is 0 Å². The summed E-state index contributed by atoms with van der Waals surface area (Å²) >= 11 is 0. The first kappa shape index (κ1) is 12.9. The van der Waals surface area contributed by atoms with Crippen molar-refractivity contribution in [2.75, 3.05) is 7.05 Å². The summed E-state index contributed by atoms with van der Waals surface area (Å²) in [5.74, 6) is 0.411. The van der Waals surface area contributed by atoms with Gasteiger partial charge in [-0.3, -0.25) is 0 Å². The van der Waals surface area contributed by atoms with Crippen LogP contribution in [0.4, 0.5) is 13.2 Å². The Labute approximate surface area is 102 Å². The number of alkyl halides is 3. The lowest BCUT2D eigenvalue weighted by atomic mass is 10.2. The molecule has 0 saturated carbocycles. The van der Waals surface area contributed by atoms with Gasteiger partial charge in [0.25, 0.3) is 0 Å². The van der Waals surface area contributed by atoms with E-state index in [2.05, 4.69) is 10.3 Å². The van der Waals surface area contributed by atoms with E-state index in [0.29, 0.717) is 11.5 Å². The number of nitrogens with zero attached hydrogens (tertiary/aromatic N) is 1. The number of oxazole rings is 1. The summed E-state index contributed by atoms with van der Waals surface area (Å²) in [7, 11) is 1.75. The molecule has 0 radical (unpaired) electrons. The Morgan fingerprint density at radius 2 is 2.11 bits per heavy atom. The van der Waals surface area contributed by atoms with Gasteiger partial charge in [0.05, 0.1) is 11.6 Å². The third kappa shape index (κ3) is 2.33. The highest BCUT2D eigenvalue weighted by Crippen LogP contribution is 2.32. The number of aromatic nitrogens is 1. The molecule has 1 aromatic carbocycles. The van der Waals surface area contributed by atoms with Crippen LogP contribution in [-0.4, -0.2) is 12.0 Å². The Bertz CT molecular complexity index is 544. The lowest BCUT2D eigenvalue weighted by Crippen LogP contribution is -2.15. The molecule has 3 nitrogen and oxygen atoms in total. The second-order valence-electron chi connectivity index (χ2n) is 3.98. The maximum atomic E-state index is 12.5. The summed E-state index contributed by atoms with van der Waals surface area (Å²) in [6.07, 6.45) is -3.62. The van der Waals surface area contributed by atoms with Crippen LogP contribution in [-0.2, 0) is 6.18 Å². The quantitative estimate of drug-likeness (QED) is 0.915. The van der Waals surface area contributed by atoms with Crippen LogP contribution in [0.3, 0.4) is 0 Å². The molecule has 1 aromatic heterocycles. The number of rotatable bonds is 3. The minimum Gasteiger partial charge on any atom is -0.439 e. The largest absolute Gasteiger partial charge is 0.439 e. The maximum Gasteiger partial charge on any atom is 0.416 e. The van der Waals surface area contributed by atoms with Crippen LogP contribution in [0.25, 0.3) is 11.1 Å². The molecule has 1 N–H and O–H groups in total. The van der Waals surface area contributed by atoms with Crippen molar-refractivity contribution >= 4 is 11.1 Å². The number of hydrogen-bond acceptors (Lipinski definition) is 3. The average molecular weight is 258 g/mol. The molecule has 0 aliphatic carbocycles. The molecule has 0 amide bonds. The molecular weight excluding hydrogens is 245 g/mol. The highest BCUT2D eigenvalue weighted by atomic mass is 19.4. The van der Waals surface area contributed by atoms with Crippen molar-refractivity contribution in [3.63, 3.8) is 0 Å². The first-order chi connectivity index (χ1) is 8.45. The van der Waals surface area contributed by atoms with Crippen molar-refractivity contribution in [1.29, 1.82) is 0 Å². The number of fused-ring (bicyclic) bond motifs is 1. The Hall–Kier alpha value is -1.56. The first-order valence-corrected chi connectivity index (χ1v) is 5.60. The van der Waals surface area contributed by atoms with E-state index in [1.807, 2.05) is 6.92 Å². The van der Waals surface area contributed by atoms with Crippen molar-refractivity contribution in [3.05, 3.63) is 29.7 Å². The number of halogens is 3. The molecular formula is C12H13F3N2O. The lowest BCUT2D eigenvalue weighted by molar-refractivity contribution is -0.137. The summed E-state index contributed by atoms with van der Waals surface area (Å²) in [6, 6.07) is 3.21. The predicted octanol–water partition coefficient (Wildman–Crippen LogP) is 3.52. The minimum atomic E-state index is -4.36. The fraction of sp³-hybridized carbons (Fsp3) is 0.417. The van der Waals surface area contributed by atoms with E-state index in [-0.39, 0.29) is 11.6 Å². The molecule has 0 saturated heterocycles. The topological polar surface area (TPSA) is 38.1 Å². The SMILES string of the molecule is CCC(NC)c1nc2cc(C(F)(F)F)ccc2o1. The van der Waals surface area contributed by atoms with Crippen molar-refractivity contribution in [1.82, 2.24) is 10.3 Å². The molecule has 2 aromatic rings. The number of hydrogen-bond donors (Lipinski definition) is 1. The minimum absolute atomic E-state index is 0.0910. The van der Waals surface area contributed by atoms with Gasteiger partial charge in [-0.15, -0.1) is 0 Å². The van der Waals surface area contributed by atoms with Crippen molar-refractivity contribution in [3.8, 4) is 0 Å².